The molecule has 0 heterocycles. The maximum absolute atomic E-state index is 6.00. The van der Waals surface area contributed by atoms with Crippen LogP contribution in [-0.4, -0.2) is 35.9 Å². The van der Waals surface area contributed by atoms with Crippen molar-refractivity contribution in [2.75, 3.05) is 27.1 Å². The molecule has 0 fully saturated rings. The highest BCUT2D eigenvalue weighted by molar-refractivity contribution is 7.80. The quantitative estimate of drug-likeness (QED) is 0.417. The summed E-state index contributed by atoms with van der Waals surface area (Å²) in [5.74, 6) is 0.838. The molecule has 0 aromatic heterocycles. The third-order valence-electron chi connectivity index (χ3n) is 1.57. The molecule has 13 heavy (non-hydrogen) atoms. The molecule has 0 spiro atoms. The van der Waals surface area contributed by atoms with Crippen molar-refractivity contribution in [2.45, 2.75) is 12.5 Å². The lowest BCUT2D eigenvalue weighted by atomic mass is 10.6. The zero-order chi connectivity index (χ0) is 10.7. The lowest BCUT2D eigenvalue weighted by molar-refractivity contribution is 0.123. The fraction of sp³-hybridized carbons (Fsp3) is 1.00. The molecule has 0 aliphatic heterocycles. The molecule has 78 valence electrons. The molecule has 0 unspecified atom stereocenters. The molecule has 0 aliphatic rings. The second kappa shape index (κ2) is 9.95. The van der Waals surface area contributed by atoms with Crippen LogP contribution in [0.5, 0.6) is 0 Å². The summed E-state index contributed by atoms with van der Waals surface area (Å²) in [5, 5.41) is 12.0. The Morgan fingerprint density at radius 2 is 1.46 bits per heavy atom. The van der Waals surface area contributed by atoms with Crippen molar-refractivity contribution in [3.8, 4) is 0 Å². The summed E-state index contributed by atoms with van der Waals surface area (Å²) in [5.41, 5.74) is 0. The molecule has 0 aliphatic carbocycles. The monoisotopic (exact) mass is 224 g/mol. The van der Waals surface area contributed by atoms with Crippen molar-refractivity contribution in [3.05, 3.63) is 0 Å². The minimum atomic E-state index is -2.29. The summed E-state index contributed by atoms with van der Waals surface area (Å²) in [6.07, 6.45) is 0.963. The van der Waals surface area contributed by atoms with E-state index in [1.54, 1.807) is 21.3 Å². The number of thiol groups is 1. The van der Waals surface area contributed by atoms with Gasteiger partial charge in [-0.2, -0.15) is 12.6 Å². The number of hydrogen-bond donors (Lipinski definition) is 1. The summed E-state index contributed by atoms with van der Waals surface area (Å²) in [6, 6.07) is 0.833. The van der Waals surface area contributed by atoms with Crippen LogP contribution in [0.1, 0.15) is 6.42 Å². The number of hydrogen-bond acceptors (Lipinski definition) is 6. The summed E-state index contributed by atoms with van der Waals surface area (Å²) >= 11 is 4.10. The first kappa shape index (κ1) is 15.3. The molecule has 0 bridgehead atoms. The molecule has 0 radical (unpaired) electrons. The zero-order valence-electron chi connectivity index (χ0n) is 8.19. The minimum absolute atomic E-state index is 0.833. The van der Waals surface area contributed by atoms with Gasteiger partial charge >= 0.3 is 8.80 Å². The summed E-state index contributed by atoms with van der Waals surface area (Å²) in [4.78, 5) is 0. The second-order valence-corrected chi connectivity index (χ2v) is 5.66. The van der Waals surface area contributed by atoms with Crippen LogP contribution in [0.2, 0.25) is 6.04 Å². The van der Waals surface area contributed by atoms with Crippen LogP contribution in [0.25, 0.3) is 0 Å². The number of nitrogens with zero attached hydrogens (tertiary/aromatic N) is 2. The molecule has 7 heteroatoms. The largest absolute Gasteiger partial charge is 0.500 e. The molecule has 0 saturated carbocycles. The van der Waals surface area contributed by atoms with Crippen LogP contribution in [0.4, 0.5) is 0 Å². The highest BCUT2D eigenvalue weighted by Crippen LogP contribution is 2.14. The van der Waals surface area contributed by atoms with E-state index < -0.39 is 8.80 Å². The van der Waals surface area contributed by atoms with E-state index in [4.69, 9.17) is 24.1 Å². The molecule has 0 amide bonds. The van der Waals surface area contributed by atoms with E-state index in [-0.39, 0.29) is 0 Å². The highest BCUT2D eigenvalue weighted by atomic mass is 32.1. The fourth-order valence-electron chi connectivity index (χ4n) is 0.852. The van der Waals surface area contributed by atoms with E-state index in [9.17, 15) is 0 Å². The predicted octanol–water partition coefficient (Wildman–Crippen LogP) is 1.21. The van der Waals surface area contributed by atoms with Gasteiger partial charge in [0.1, 0.15) is 0 Å². The van der Waals surface area contributed by atoms with E-state index in [0.717, 1.165) is 18.2 Å². The third kappa shape index (κ3) is 6.01. The Hall–Kier alpha value is -0.133. The van der Waals surface area contributed by atoms with E-state index >= 15 is 0 Å². The molecule has 0 aromatic carbocycles. The van der Waals surface area contributed by atoms with Gasteiger partial charge < -0.3 is 13.3 Å². The second-order valence-electron chi connectivity index (χ2n) is 2.12. The van der Waals surface area contributed by atoms with Crippen LogP contribution < -0.4 is 0 Å². The Morgan fingerprint density at radius 3 is 1.69 bits per heavy atom. The maximum Gasteiger partial charge on any atom is 0.500 e. The topological polar surface area (TPSA) is 75.3 Å². The Kier molecular flexibility index (Phi) is 11.7. The summed E-state index contributed by atoms with van der Waals surface area (Å²) in [6.45, 7) is 0. The summed E-state index contributed by atoms with van der Waals surface area (Å²) < 4.78 is 15.6. The van der Waals surface area contributed by atoms with Gasteiger partial charge in [0, 0.05) is 38.2 Å². The molecule has 0 atom stereocenters. The minimum Gasteiger partial charge on any atom is -0.377 e. The standard InChI is InChI=1S/C6H16O3SSi.N2/c1-7-11(8-2,9-3)6-4-5-10;1-2/h10H,4-6H2,1-3H3;. The Labute approximate surface area is 85.6 Å². The van der Waals surface area contributed by atoms with Gasteiger partial charge in [-0.25, -0.2) is 0 Å². The molecular formula is C6H16N2O3SSi. The predicted molar refractivity (Wildman–Crippen MR) is 53.5 cm³/mol. The molecule has 0 rings (SSSR count). The van der Waals surface area contributed by atoms with Crippen LogP contribution in [0, 0.1) is 10.8 Å². The van der Waals surface area contributed by atoms with Gasteiger partial charge in [0.25, 0.3) is 0 Å². The third-order valence-corrected chi connectivity index (χ3v) is 4.72. The smallest absolute Gasteiger partial charge is 0.377 e. The van der Waals surface area contributed by atoms with Crippen LogP contribution in [0.3, 0.4) is 0 Å². The van der Waals surface area contributed by atoms with Crippen molar-refractivity contribution >= 4 is 21.4 Å². The Bertz CT molecular complexity index is 124. The first-order chi connectivity index (χ1) is 6.24. The lowest BCUT2D eigenvalue weighted by Gasteiger charge is -2.23. The first-order valence-corrected chi connectivity index (χ1v) is 6.27. The van der Waals surface area contributed by atoms with E-state index in [1.165, 1.54) is 0 Å². The normalized spacial score (nSPS) is 10.3. The Morgan fingerprint density at radius 1 is 1.08 bits per heavy atom. The molecule has 5 nitrogen and oxygen atoms in total. The Balaban J connectivity index is 0. The van der Waals surface area contributed by atoms with E-state index in [2.05, 4.69) is 12.6 Å². The van der Waals surface area contributed by atoms with Gasteiger partial charge in [-0.3, -0.25) is 0 Å². The van der Waals surface area contributed by atoms with Crippen molar-refractivity contribution in [1.82, 2.24) is 0 Å². The van der Waals surface area contributed by atoms with Gasteiger partial charge in [0.2, 0.25) is 0 Å². The van der Waals surface area contributed by atoms with Crippen molar-refractivity contribution < 1.29 is 13.3 Å². The summed E-state index contributed by atoms with van der Waals surface area (Å²) in [7, 11) is 2.58. The molecular weight excluding hydrogens is 208 g/mol. The van der Waals surface area contributed by atoms with Gasteiger partial charge in [-0.15, -0.1) is 0 Å². The van der Waals surface area contributed by atoms with E-state index in [0.29, 0.717) is 0 Å². The van der Waals surface area contributed by atoms with Gasteiger partial charge in [-0.1, -0.05) is 0 Å². The number of rotatable bonds is 6. The average molecular weight is 224 g/mol. The first-order valence-electron chi connectivity index (χ1n) is 3.71. The van der Waals surface area contributed by atoms with E-state index in [1.807, 2.05) is 0 Å². The van der Waals surface area contributed by atoms with Crippen LogP contribution in [-0.2, 0) is 13.3 Å². The highest BCUT2D eigenvalue weighted by Gasteiger charge is 2.36. The van der Waals surface area contributed by atoms with Crippen LogP contribution in [0.15, 0.2) is 0 Å². The average Bonchev–Trinajstić information content (AvgIpc) is 2.24. The van der Waals surface area contributed by atoms with Crippen molar-refractivity contribution in [1.29, 1.82) is 10.8 Å². The molecule has 0 saturated heterocycles. The zero-order valence-corrected chi connectivity index (χ0v) is 10.1. The SMILES string of the molecule is CO[Si](CCCS)(OC)OC.N#N. The van der Waals surface area contributed by atoms with Gasteiger partial charge in [0.15, 0.2) is 0 Å². The molecule has 0 N–H and O–H groups in total. The van der Waals surface area contributed by atoms with Crippen molar-refractivity contribution in [2.24, 2.45) is 0 Å². The van der Waals surface area contributed by atoms with Gasteiger partial charge in [-0.05, 0) is 12.2 Å². The lowest BCUT2D eigenvalue weighted by Crippen LogP contribution is -2.42. The van der Waals surface area contributed by atoms with Crippen molar-refractivity contribution in [3.63, 3.8) is 0 Å². The van der Waals surface area contributed by atoms with Gasteiger partial charge in [0.05, 0.1) is 0 Å². The molecule has 0 aromatic rings. The fourth-order valence-corrected chi connectivity index (χ4v) is 3.03. The maximum atomic E-state index is 6.00. The van der Waals surface area contributed by atoms with Crippen LogP contribution >= 0.6 is 12.6 Å².